The van der Waals surface area contributed by atoms with Crippen molar-refractivity contribution >= 4 is 12.1 Å². The summed E-state index contributed by atoms with van der Waals surface area (Å²) < 4.78 is 0. The fourth-order valence-corrected chi connectivity index (χ4v) is 1.83. The minimum absolute atomic E-state index is 0.0670. The largest absolute Gasteiger partial charge is 0.277 e. The maximum absolute atomic E-state index is 11.4. The third-order valence-corrected chi connectivity index (χ3v) is 2.81. The zero-order valence-corrected chi connectivity index (χ0v) is 7.03. The lowest BCUT2D eigenvalue weighted by molar-refractivity contribution is 0.0999. The number of hydrogen-bond donors (Lipinski definition) is 0. The molecule has 0 radical (unpaired) electrons. The molecule has 3 rings (SSSR count). The number of carbonyl (C=O) groups is 1. The number of nitrogens with zero attached hydrogens (tertiary/aromatic N) is 2. The second-order valence-electron chi connectivity index (χ2n) is 3.64. The normalized spacial score (nSPS) is 21.7. The summed E-state index contributed by atoms with van der Waals surface area (Å²) in [6, 6.07) is 1.76. The van der Waals surface area contributed by atoms with Crippen LogP contribution in [0.5, 0.6) is 0 Å². The van der Waals surface area contributed by atoms with E-state index < -0.39 is 0 Å². The van der Waals surface area contributed by atoms with Crippen molar-refractivity contribution < 1.29 is 4.79 Å². The quantitative estimate of drug-likeness (QED) is 0.592. The predicted octanol–water partition coefficient (Wildman–Crippen LogP) is 1.34. The van der Waals surface area contributed by atoms with E-state index in [0.29, 0.717) is 0 Å². The van der Waals surface area contributed by atoms with E-state index in [-0.39, 0.29) is 11.3 Å². The Morgan fingerprint density at radius 1 is 1.38 bits per heavy atom. The van der Waals surface area contributed by atoms with Gasteiger partial charge in [-0.05, 0) is 24.5 Å². The number of amides is 1. The van der Waals surface area contributed by atoms with Gasteiger partial charge in [0, 0.05) is 29.6 Å². The van der Waals surface area contributed by atoms with Crippen LogP contribution in [-0.4, -0.2) is 17.1 Å². The van der Waals surface area contributed by atoms with E-state index in [1.54, 1.807) is 24.7 Å². The third kappa shape index (κ3) is 0.813. The molecule has 1 fully saturated rings. The molecule has 1 aromatic rings. The van der Waals surface area contributed by atoms with E-state index in [9.17, 15) is 4.79 Å². The molecule has 0 unspecified atom stereocenters. The highest BCUT2D eigenvalue weighted by atomic mass is 16.1. The highest BCUT2D eigenvalue weighted by Crippen LogP contribution is 2.49. The van der Waals surface area contributed by atoms with Gasteiger partial charge in [-0.1, -0.05) is 0 Å². The smallest absolute Gasteiger partial charge is 0.267 e. The van der Waals surface area contributed by atoms with Crippen molar-refractivity contribution in [3.8, 4) is 0 Å². The summed E-state index contributed by atoms with van der Waals surface area (Å²) in [6.45, 7) is 0. The lowest BCUT2D eigenvalue weighted by Crippen LogP contribution is -2.19. The standard InChI is InChI=1S/C10H8N2O/c13-9-7-1-4-11-5-8(7)10(2-3-10)6-12-9/h1,4-6H,2-3H2. The molecule has 13 heavy (non-hydrogen) atoms. The van der Waals surface area contributed by atoms with Gasteiger partial charge in [0.1, 0.15) is 0 Å². The number of carbonyl (C=O) groups excluding carboxylic acids is 1. The van der Waals surface area contributed by atoms with Crippen LogP contribution in [0.2, 0.25) is 0 Å². The molecule has 1 aliphatic carbocycles. The van der Waals surface area contributed by atoms with Gasteiger partial charge in [-0.15, -0.1) is 0 Å². The molecule has 2 aliphatic rings. The lowest BCUT2D eigenvalue weighted by atomic mass is 9.92. The predicted molar refractivity (Wildman–Crippen MR) is 48.0 cm³/mol. The minimum atomic E-state index is -0.130. The molecule has 1 aliphatic heterocycles. The molecule has 0 bridgehead atoms. The molecule has 0 saturated heterocycles. The summed E-state index contributed by atoms with van der Waals surface area (Å²) in [4.78, 5) is 19.3. The van der Waals surface area contributed by atoms with E-state index >= 15 is 0 Å². The van der Waals surface area contributed by atoms with Crippen molar-refractivity contribution in [3.63, 3.8) is 0 Å². The van der Waals surface area contributed by atoms with Gasteiger partial charge in [-0.25, -0.2) is 4.99 Å². The van der Waals surface area contributed by atoms with Crippen LogP contribution >= 0.6 is 0 Å². The molecular weight excluding hydrogens is 164 g/mol. The number of aromatic nitrogens is 1. The number of rotatable bonds is 0. The first-order chi connectivity index (χ1) is 6.32. The van der Waals surface area contributed by atoms with E-state index in [2.05, 4.69) is 9.98 Å². The van der Waals surface area contributed by atoms with Crippen LogP contribution in [0, 0.1) is 0 Å². The molecule has 1 amide bonds. The third-order valence-electron chi connectivity index (χ3n) is 2.81. The SMILES string of the molecule is O=C1N=CC2(CC2)c2cnccc21. The summed E-state index contributed by atoms with van der Waals surface area (Å²) in [5, 5.41) is 0. The Balaban J connectivity index is 2.28. The van der Waals surface area contributed by atoms with E-state index in [1.165, 1.54) is 0 Å². The molecule has 64 valence electrons. The molecule has 0 N–H and O–H groups in total. The maximum atomic E-state index is 11.4. The van der Waals surface area contributed by atoms with E-state index in [4.69, 9.17) is 0 Å². The van der Waals surface area contributed by atoms with Crippen molar-refractivity contribution in [3.05, 3.63) is 29.6 Å². The summed E-state index contributed by atoms with van der Waals surface area (Å²) >= 11 is 0. The Bertz CT molecular complexity index is 419. The second-order valence-corrected chi connectivity index (χ2v) is 3.64. The van der Waals surface area contributed by atoms with Crippen LogP contribution in [0.15, 0.2) is 23.5 Å². The fourth-order valence-electron chi connectivity index (χ4n) is 1.83. The van der Waals surface area contributed by atoms with Crippen molar-refractivity contribution in [2.24, 2.45) is 4.99 Å². The topological polar surface area (TPSA) is 42.3 Å². The molecule has 0 atom stereocenters. The van der Waals surface area contributed by atoms with Gasteiger partial charge in [0.2, 0.25) is 0 Å². The van der Waals surface area contributed by atoms with Crippen molar-refractivity contribution in [2.75, 3.05) is 0 Å². The van der Waals surface area contributed by atoms with Crippen molar-refractivity contribution in [1.29, 1.82) is 0 Å². The van der Waals surface area contributed by atoms with Crippen LogP contribution in [0.25, 0.3) is 0 Å². The van der Waals surface area contributed by atoms with Crippen molar-refractivity contribution in [1.82, 2.24) is 4.98 Å². The molecule has 1 spiro atoms. The lowest BCUT2D eigenvalue weighted by Gasteiger charge is -2.16. The second kappa shape index (κ2) is 2.05. The first-order valence-corrected chi connectivity index (χ1v) is 4.36. The van der Waals surface area contributed by atoms with Crippen LogP contribution in [0.3, 0.4) is 0 Å². The van der Waals surface area contributed by atoms with Gasteiger partial charge in [-0.2, -0.15) is 0 Å². The fraction of sp³-hybridized carbons (Fsp3) is 0.300. The van der Waals surface area contributed by atoms with Crippen LogP contribution < -0.4 is 0 Å². The van der Waals surface area contributed by atoms with E-state index in [1.807, 2.05) is 0 Å². The average Bonchev–Trinajstić information content (AvgIpc) is 2.94. The molecule has 3 nitrogen and oxygen atoms in total. The highest BCUT2D eigenvalue weighted by Gasteiger charge is 2.47. The molecule has 3 heteroatoms. The summed E-state index contributed by atoms with van der Waals surface area (Å²) in [5.41, 5.74) is 1.86. The maximum Gasteiger partial charge on any atom is 0.277 e. The molecule has 0 aromatic carbocycles. The summed E-state index contributed by atoms with van der Waals surface area (Å²) in [7, 11) is 0. The van der Waals surface area contributed by atoms with Crippen LogP contribution in [0.1, 0.15) is 28.8 Å². The highest BCUT2D eigenvalue weighted by molar-refractivity contribution is 6.06. The van der Waals surface area contributed by atoms with Gasteiger partial charge in [0.15, 0.2) is 0 Å². The summed E-state index contributed by atoms with van der Waals surface area (Å²) in [5.74, 6) is -0.130. The number of hydrogen-bond acceptors (Lipinski definition) is 2. The number of aliphatic imine (C=N–C) groups is 1. The summed E-state index contributed by atoms with van der Waals surface area (Å²) in [6.07, 6.45) is 7.43. The van der Waals surface area contributed by atoms with Crippen LogP contribution in [0.4, 0.5) is 0 Å². The van der Waals surface area contributed by atoms with Crippen molar-refractivity contribution in [2.45, 2.75) is 18.3 Å². The molecule has 2 heterocycles. The van der Waals surface area contributed by atoms with Crippen LogP contribution in [-0.2, 0) is 5.41 Å². The Hall–Kier alpha value is -1.51. The van der Waals surface area contributed by atoms with Gasteiger partial charge in [-0.3, -0.25) is 9.78 Å². The van der Waals surface area contributed by atoms with Gasteiger partial charge in [0.25, 0.3) is 5.91 Å². The monoisotopic (exact) mass is 172 g/mol. The molecular formula is C10H8N2O. The Kier molecular flexibility index (Phi) is 1.09. The first kappa shape index (κ1) is 6.95. The zero-order valence-electron chi connectivity index (χ0n) is 7.03. The Morgan fingerprint density at radius 3 is 3.00 bits per heavy atom. The number of pyridine rings is 1. The Morgan fingerprint density at radius 2 is 2.23 bits per heavy atom. The average molecular weight is 172 g/mol. The van der Waals surface area contributed by atoms with Gasteiger partial charge in [0.05, 0.1) is 0 Å². The van der Waals surface area contributed by atoms with E-state index in [0.717, 1.165) is 24.0 Å². The van der Waals surface area contributed by atoms with Gasteiger partial charge >= 0.3 is 0 Å². The Labute approximate surface area is 75.5 Å². The van der Waals surface area contributed by atoms with Gasteiger partial charge < -0.3 is 0 Å². The zero-order chi connectivity index (χ0) is 8.89. The number of fused-ring (bicyclic) bond motifs is 2. The molecule has 1 saturated carbocycles. The first-order valence-electron chi connectivity index (χ1n) is 4.36. The molecule has 1 aromatic heterocycles. The minimum Gasteiger partial charge on any atom is -0.267 e.